The van der Waals surface area contributed by atoms with Crippen molar-refractivity contribution in [1.29, 1.82) is 0 Å². The van der Waals surface area contributed by atoms with Crippen LogP contribution in [0.4, 0.5) is 5.69 Å². The van der Waals surface area contributed by atoms with Crippen molar-refractivity contribution in [3.63, 3.8) is 0 Å². The molecule has 0 bridgehead atoms. The van der Waals surface area contributed by atoms with Crippen LogP contribution >= 0.6 is 11.3 Å². The summed E-state index contributed by atoms with van der Waals surface area (Å²) in [5.41, 5.74) is 5.11. The van der Waals surface area contributed by atoms with Gasteiger partial charge >= 0.3 is 0 Å². The van der Waals surface area contributed by atoms with Crippen LogP contribution in [0, 0.1) is 13.8 Å². The highest BCUT2D eigenvalue weighted by atomic mass is 32.3. The lowest BCUT2D eigenvalue weighted by molar-refractivity contribution is -0.117. The number of sulfonamides is 1. The summed E-state index contributed by atoms with van der Waals surface area (Å²) < 4.78 is 56.5. The lowest BCUT2D eigenvalue weighted by Gasteiger charge is -2.27. The molecule has 1 unspecified atom stereocenters. The van der Waals surface area contributed by atoms with E-state index in [0.29, 0.717) is 53.9 Å². The highest BCUT2D eigenvalue weighted by molar-refractivity contribution is 7.96. The maximum absolute atomic E-state index is 13.3. The zero-order valence-electron chi connectivity index (χ0n) is 28.1. The Kier molecular flexibility index (Phi) is 10.7. The summed E-state index contributed by atoms with van der Waals surface area (Å²) in [5, 5.41) is 8.54. The van der Waals surface area contributed by atoms with Crippen molar-refractivity contribution in [2.75, 3.05) is 38.0 Å². The maximum Gasteiger partial charge on any atom is 0.291 e. The largest absolute Gasteiger partial charge is 0.362 e. The Hall–Kier alpha value is -3.37. The molecule has 0 spiro atoms. The number of likely N-dealkylation sites (N-methyl/N-ethyl adjacent to an activating group) is 1. The van der Waals surface area contributed by atoms with Crippen molar-refractivity contribution in [3.05, 3.63) is 63.5 Å². The summed E-state index contributed by atoms with van der Waals surface area (Å²) in [5.74, 6) is -0.926. The molecule has 2 aliphatic heterocycles. The number of aromatic amines is 1. The highest BCUT2D eigenvalue weighted by Gasteiger charge is 2.39. The third kappa shape index (κ3) is 7.01. The van der Waals surface area contributed by atoms with Crippen molar-refractivity contribution in [2.45, 2.75) is 80.0 Å². The molecule has 0 fully saturated rings. The average Bonchev–Trinajstić information content (AvgIpc) is 3.71. The first kappa shape index (κ1) is 35.9. The molecule has 3 atom stereocenters. The summed E-state index contributed by atoms with van der Waals surface area (Å²) in [7, 11) is -7.85. The van der Waals surface area contributed by atoms with E-state index in [4.69, 9.17) is 0 Å². The molecule has 0 saturated carbocycles. The van der Waals surface area contributed by atoms with E-state index in [1.165, 1.54) is 12.3 Å². The minimum absolute atomic E-state index is 0.0704. The fourth-order valence-corrected chi connectivity index (χ4v) is 11.3. The highest BCUT2D eigenvalue weighted by Crippen LogP contribution is 2.43. The van der Waals surface area contributed by atoms with Crippen LogP contribution in [0.3, 0.4) is 0 Å². The zero-order chi connectivity index (χ0) is 35.0. The molecule has 5 rings (SSSR count). The Morgan fingerprint density at radius 3 is 2.56 bits per heavy atom. The summed E-state index contributed by atoms with van der Waals surface area (Å²) in [6, 6.07) is 6.27. The zero-order valence-corrected chi connectivity index (χ0v) is 30.6. The smallest absolute Gasteiger partial charge is 0.291 e. The molecule has 12 nitrogen and oxygen atoms in total. The number of fused-ring (bicyclic) bond motifs is 2. The SMILES string of the molecule is CCN[C@H]1C[C@H](C)S(=O)(=O)c2sc(S(=O)(=O)N=Cc3ccc4c(c3)C(Cc3[nH]c(C)c(C(=O)NCCN(CC)CC)c3C)C(=O)N4)cc21. The van der Waals surface area contributed by atoms with Gasteiger partial charge in [-0.15, -0.1) is 11.3 Å². The van der Waals surface area contributed by atoms with Crippen molar-refractivity contribution >= 4 is 54.9 Å². The first-order valence-corrected chi connectivity index (χ1v) is 20.1. The number of anilines is 1. The molecule has 3 aromatic rings. The minimum Gasteiger partial charge on any atom is -0.362 e. The Morgan fingerprint density at radius 1 is 1.15 bits per heavy atom. The molecule has 0 saturated heterocycles. The molecule has 4 N–H and O–H groups in total. The summed E-state index contributed by atoms with van der Waals surface area (Å²) >= 11 is 0.735. The van der Waals surface area contributed by atoms with E-state index < -0.39 is 31.0 Å². The fraction of sp³-hybridized carbons (Fsp3) is 0.485. The molecular weight excluding hydrogens is 673 g/mol. The van der Waals surface area contributed by atoms with E-state index in [0.717, 1.165) is 47.9 Å². The second kappa shape index (κ2) is 14.2. The van der Waals surface area contributed by atoms with E-state index in [9.17, 15) is 26.4 Å². The Balaban J connectivity index is 1.35. The van der Waals surface area contributed by atoms with Crippen LogP contribution in [0.5, 0.6) is 0 Å². The van der Waals surface area contributed by atoms with E-state index in [-0.39, 0.29) is 26.3 Å². The van der Waals surface area contributed by atoms with Gasteiger partial charge in [-0.3, -0.25) is 9.59 Å². The number of hydrogen-bond acceptors (Lipinski definition) is 9. The van der Waals surface area contributed by atoms with Gasteiger partial charge in [0.25, 0.3) is 15.9 Å². The number of aryl methyl sites for hydroxylation is 1. The third-order valence-corrected chi connectivity index (χ3v) is 14.9. The number of nitrogens with one attached hydrogen (secondary N) is 4. The topological polar surface area (TPSA) is 170 Å². The Labute approximate surface area is 286 Å². The predicted molar refractivity (Wildman–Crippen MR) is 189 cm³/mol. The van der Waals surface area contributed by atoms with Crippen LogP contribution in [0.15, 0.2) is 37.1 Å². The van der Waals surface area contributed by atoms with Gasteiger partial charge in [-0.05, 0) is 81.7 Å². The molecule has 0 radical (unpaired) electrons. The number of amides is 2. The Morgan fingerprint density at radius 2 is 1.88 bits per heavy atom. The van der Waals surface area contributed by atoms with Crippen LogP contribution in [0.1, 0.15) is 90.1 Å². The van der Waals surface area contributed by atoms with Crippen molar-refractivity contribution < 1.29 is 26.4 Å². The number of nitrogens with zero attached hydrogens (tertiary/aromatic N) is 2. The van der Waals surface area contributed by atoms with Gasteiger partial charge < -0.3 is 25.8 Å². The first-order valence-electron chi connectivity index (χ1n) is 16.3. The monoisotopic (exact) mass is 716 g/mol. The number of hydrogen-bond donors (Lipinski definition) is 4. The van der Waals surface area contributed by atoms with Gasteiger partial charge in [-0.1, -0.05) is 26.8 Å². The molecule has 4 heterocycles. The molecule has 48 heavy (non-hydrogen) atoms. The second-order valence-electron chi connectivity index (χ2n) is 12.3. The first-order chi connectivity index (χ1) is 22.7. The van der Waals surface area contributed by atoms with Gasteiger partial charge in [-0.2, -0.15) is 12.8 Å². The molecule has 2 aromatic heterocycles. The number of carbonyl (C=O) groups excluding carboxylic acids is 2. The number of rotatable bonds is 13. The van der Waals surface area contributed by atoms with Crippen molar-refractivity contribution in [2.24, 2.45) is 4.40 Å². The molecule has 2 amide bonds. The van der Waals surface area contributed by atoms with Crippen molar-refractivity contribution in [3.8, 4) is 0 Å². The van der Waals surface area contributed by atoms with Gasteiger partial charge in [0.1, 0.15) is 8.42 Å². The number of sulfone groups is 1. The summed E-state index contributed by atoms with van der Waals surface area (Å²) in [6.45, 7) is 15.1. The number of carbonyl (C=O) groups is 2. The predicted octanol–water partition coefficient (Wildman–Crippen LogP) is 4.07. The van der Waals surface area contributed by atoms with E-state index in [2.05, 4.69) is 44.1 Å². The van der Waals surface area contributed by atoms with Gasteiger partial charge in [0, 0.05) is 54.4 Å². The quantitative estimate of drug-likeness (QED) is 0.192. The third-order valence-electron chi connectivity index (χ3n) is 9.29. The fourth-order valence-electron chi connectivity index (χ4n) is 6.49. The number of aromatic nitrogens is 1. The van der Waals surface area contributed by atoms with Crippen LogP contribution in [0.25, 0.3) is 0 Å². The van der Waals surface area contributed by atoms with Gasteiger partial charge in [0.15, 0.2) is 9.84 Å². The lowest BCUT2D eigenvalue weighted by atomic mass is 9.93. The minimum atomic E-state index is -4.21. The summed E-state index contributed by atoms with van der Waals surface area (Å²) in [4.78, 5) is 31.7. The van der Waals surface area contributed by atoms with Gasteiger partial charge in [-0.25, -0.2) is 8.42 Å². The van der Waals surface area contributed by atoms with E-state index in [1.807, 2.05) is 20.8 Å². The van der Waals surface area contributed by atoms with Gasteiger partial charge in [0.05, 0.1) is 16.7 Å². The molecule has 0 aliphatic carbocycles. The standard InChI is InChI=1S/C33H44N6O6S3/c1-7-34-28-14-19(4)47(42,43)33-25(28)17-29(46-33)48(44,45)36-18-22-10-11-26-23(15-22)24(31(40)38-26)16-27-20(5)30(21(6)37-27)32(41)35-12-13-39(8-2)9-3/h10-11,15,17-19,24,28,34,37H,7-9,12-14,16H2,1-6H3,(H,35,41)(H,38,40)/t19-,24?,28-/m0/s1. The molecule has 1 aromatic carbocycles. The maximum atomic E-state index is 13.3. The van der Waals surface area contributed by atoms with E-state index in [1.54, 1.807) is 25.1 Å². The molecular formula is C33H44N6O6S3. The number of thiophene rings is 1. The van der Waals surface area contributed by atoms with Crippen LogP contribution in [-0.4, -0.2) is 82.7 Å². The lowest BCUT2D eigenvalue weighted by Crippen LogP contribution is -2.35. The summed E-state index contributed by atoms with van der Waals surface area (Å²) in [6.07, 6.45) is 1.90. The molecule has 260 valence electrons. The van der Waals surface area contributed by atoms with Crippen LogP contribution in [-0.2, 0) is 31.1 Å². The second-order valence-corrected chi connectivity index (χ2v) is 17.8. The van der Waals surface area contributed by atoms with E-state index >= 15 is 0 Å². The average molecular weight is 717 g/mol. The van der Waals surface area contributed by atoms with Crippen LogP contribution < -0.4 is 16.0 Å². The number of benzene rings is 1. The molecule has 15 heteroatoms. The number of H-pyrrole nitrogens is 1. The molecule has 2 aliphatic rings. The normalized spacial score (nSPS) is 20.2. The van der Waals surface area contributed by atoms with Crippen LogP contribution in [0.2, 0.25) is 0 Å². The van der Waals surface area contributed by atoms with Crippen molar-refractivity contribution in [1.82, 2.24) is 20.5 Å². The van der Waals surface area contributed by atoms with Gasteiger partial charge in [0.2, 0.25) is 5.91 Å². The Bertz CT molecular complexity index is 1960.